The number of carbonyl (C=O) groups is 4. The van der Waals surface area contributed by atoms with Crippen molar-refractivity contribution in [2.75, 3.05) is 6.61 Å². The van der Waals surface area contributed by atoms with Crippen molar-refractivity contribution in [2.45, 2.75) is 46.0 Å². The second-order valence-corrected chi connectivity index (χ2v) is 8.18. The number of ketones is 2. The van der Waals surface area contributed by atoms with E-state index in [0.29, 0.717) is 11.1 Å². The number of aliphatic carboxylic acids is 1. The van der Waals surface area contributed by atoms with Crippen molar-refractivity contribution in [1.82, 2.24) is 0 Å². The van der Waals surface area contributed by atoms with Crippen molar-refractivity contribution in [3.05, 3.63) is 94.0 Å². The average Bonchev–Trinajstić information content (AvgIpc) is 2.86. The van der Waals surface area contributed by atoms with E-state index < -0.39 is 58.3 Å². The molecule has 0 fully saturated rings. The van der Waals surface area contributed by atoms with E-state index in [4.69, 9.17) is 5.11 Å². The van der Waals surface area contributed by atoms with Gasteiger partial charge in [0.05, 0.1) is 6.61 Å². The summed E-state index contributed by atoms with van der Waals surface area (Å²) < 4.78 is 56.2. The highest BCUT2D eigenvalue weighted by Crippen LogP contribution is 2.15. The summed E-state index contributed by atoms with van der Waals surface area (Å²) in [6.45, 7) is 3.17. The van der Waals surface area contributed by atoms with Crippen LogP contribution < -0.4 is 0 Å². The molecule has 0 amide bonds. The number of aliphatic hydroxyl groups excluding tert-OH is 2. The van der Waals surface area contributed by atoms with Gasteiger partial charge in [-0.1, -0.05) is 6.92 Å². The molecule has 12 heteroatoms. The van der Waals surface area contributed by atoms with Gasteiger partial charge in [-0.15, -0.1) is 0 Å². The van der Waals surface area contributed by atoms with Crippen LogP contribution in [0.5, 0.6) is 0 Å². The van der Waals surface area contributed by atoms with Gasteiger partial charge in [0.1, 0.15) is 23.3 Å². The molecule has 0 aliphatic rings. The number of aliphatic hydroxyl groups is 2. The van der Waals surface area contributed by atoms with Gasteiger partial charge in [-0.25, -0.2) is 27.2 Å². The third-order valence-electron chi connectivity index (χ3n) is 5.11. The molecule has 0 aliphatic carbocycles. The van der Waals surface area contributed by atoms with Crippen LogP contribution in [-0.2, 0) is 36.8 Å². The van der Waals surface area contributed by atoms with Gasteiger partial charge in [-0.05, 0) is 61.6 Å². The van der Waals surface area contributed by atoms with Gasteiger partial charge in [0.2, 0.25) is 11.5 Å². The van der Waals surface area contributed by atoms with E-state index in [1.165, 1.54) is 6.92 Å². The van der Waals surface area contributed by atoms with Crippen molar-refractivity contribution >= 4 is 23.5 Å². The molecular weight excluding hydrogens is 540 g/mol. The number of esters is 1. The Bertz CT molecular complexity index is 1260. The van der Waals surface area contributed by atoms with Gasteiger partial charge >= 0.3 is 11.9 Å². The molecule has 0 heterocycles. The van der Waals surface area contributed by atoms with Crippen molar-refractivity contribution in [2.24, 2.45) is 0 Å². The van der Waals surface area contributed by atoms with Crippen LogP contribution >= 0.6 is 0 Å². The van der Waals surface area contributed by atoms with Crippen LogP contribution in [0, 0.1) is 23.3 Å². The number of rotatable bonds is 12. The van der Waals surface area contributed by atoms with Crippen LogP contribution in [-0.4, -0.2) is 45.4 Å². The fourth-order valence-electron chi connectivity index (χ4n) is 3.30. The smallest absolute Gasteiger partial charge is 0.373 e. The van der Waals surface area contributed by atoms with Gasteiger partial charge in [-0.2, -0.15) is 0 Å². The highest BCUT2D eigenvalue weighted by Gasteiger charge is 2.18. The predicted octanol–water partition coefficient (Wildman–Crippen LogP) is 5.24. The third-order valence-corrected chi connectivity index (χ3v) is 5.11. The summed E-state index contributed by atoms with van der Waals surface area (Å²) >= 11 is 0. The number of carbonyl (C=O) groups excluding carboxylic acids is 3. The van der Waals surface area contributed by atoms with Crippen molar-refractivity contribution in [3.8, 4) is 0 Å². The summed E-state index contributed by atoms with van der Waals surface area (Å²) in [7, 11) is 0. The maximum Gasteiger partial charge on any atom is 0.373 e. The number of allylic oxidation sites excluding steroid dienone is 2. The number of aryl methyl sites for hydroxylation is 2. The monoisotopic (exact) mass is 568 g/mol. The number of halogens is 4. The summed E-state index contributed by atoms with van der Waals surface area (Å²) in [6, 6.07) is 5.89. The Kier molecular flexibility index (Phi) is 13.8. The van der Waals surface area contributed by atoms with E-state index in [1.807, 2.05) is 0 Å². The van der Waals surface area contributed by atoms with Crippen LogP contribution in [0.4, 0.5) is 17.6 Å². The van der Waals surface area contributed by atoms with Crippen LogP contribution in [0.3, 0.4) is 0 Å². The molecule has 0 saturated carbocycles. The second kappa shape index (κ2) is 16.5. The molecule has 0 saturated heterocycles. The third kappa shape index (κ3) is 11.9. The lowest BCUT2D eigenvalue weighted by atomic mass is 10.00. The highest BCUT2D eigenvalue weighted by molar-refractivity contribution is 6.02. The first kappa shape index (κ1) is 33.5. The van der Waals surface area contributed by atoms with Crippen molar-refractivity contribution < 1.29 is 56.8 Å². The summed E-state index contributed by atoms with van der Waals surface area (Å²) in [5.74, 6) is -8.37. The molecule has 2 rings (SSSR count). The largest absolute Gasteiger partial charge is 0.502 e. The van der Waals surface area contributed by atoms with E-state index in [9.17, 15) is 47.0 Å². The summed E-state index contributed by atoms with van der Waals surface area (Å²) in [5, 5.41) is 27.2. The van der Waals surface area contributed by atoms with Crippen molar-refractivity contribution in [1.29, 1.82) is 0 Å². The lowest BCUT2D eigenvalue weighted by Crippen LogP contribution is -2.12. The van der Waals surface area contributed by atoms with Gasteiger partial charge in [-0.3, -0.25) is 9.59 Å². The number of Topliss-reactive ketones (excluding diaryl/α,β-unsaturated/α-hetero) is 1. The molecule has 3 N–H and O–H groups in total. The Balaban J connectivity index is 0.000000400. The van der Waals surface area contributed by atoms with Crippen LogP contribution in [0.2, 0.25) is 0 Å². The predicted molar refractivity (Wildman–Crippen MR) is 134 cm³/mol. The Labute approximate surface area is 227 Å². The standard InChI is InChI=1S/2C14H14F2O4/c1-2-20-14(19)13(18)8-12(17)4-3-9-5-10(15)7-11(16)6-9;1-2-11(13(18)14(19)20)12(17)4-3-8-5-9(15)7-10(16)6-8/h5-8,18H,2-4H2,1H3;5-7,18H,2-4H2,1H3,(H,19,20)/b13-8-;13-11-. The minimum absolute atomic E-state index is 0.0594. The van der Waals surface area contributed by atoms with Gasteiger partial charge in [0.15, 0.2) is 11.6 Å². The molecule has 0 bridgehead atoms. The molecule has 40 heavy (non-hydrogen) atoms. The van der Waals surface area contributed by atoms with Gasteiger partial charge in [0.25, 0.3) is 0 Å². The zero-order valence-electron chi connectivity index (χ0n) is 21.7. The fraction of sp³-hybridized carbons (Fsp3) is 0.286. The van der Waals surface area contributed by atoms with Crippen LogP contribution in [0.1, 0.15) is 44.2 Å². The first-order valence-electron chi connectivity index (χ1n) is 12.0. The molecule has 0 atom stereocenters. The second-order valence-electron chi connectivity index (χ2n) is 8.18. The molecule has 0 spiro atoms. The molecule has 0 unspecified atom stereocenters. The minimum Gasteiger partial charge on any atom is -0.502 e. The van der Waals surface area contributed by atoms with E-state index >= 15 is 0 Å². The minimum atomic E-state index is -1.58. The number of carboxylic acids is 1. The SMILES string of the molecule is CC/C(C(=O)CCc1cc(F)cc(F)c1)=C(/O)C(=O)O.CCOC(=O)/C(O)=C/C(=O)CCc1cc(F)cc(F)c1. The number of hydrogen-bond acceptors (Lipinski definition) is 7. The Morgan fingerprint density at radius 1 is 0.750 bits per heavy atom. The first-order valence-corrected chi connectivity index (χ1v) is 12.0. The average molecular weight is 569 g/mol. The zero-order chi connectivity index (χ0) is 30.4. The maximum absolute atomic E-state index is 13.0. The molecule has 0 aliphatic heterocycles. The number of carboxylic acid groups (broad SMARTS) is 1. The van der Waals surface area contributed by atoms with Crippen LogP contribution in [0.25, 0.3) is 0 Å². The molecule has 0 radical (unpaired) electrons. The molecule has 2 aromatic carbocycles. The Morgan fingerprint density at radius 2 is 1.20 bits per heavy atom. The molecule has 0 aromatic heterocycles. The van der Waals surface area contributed by atoms with E-state index in [1.54, 1.807) is 6.92 Å². The number of hydrogen-bond donors (Lipinski definition) is 3. The summed E-state index contributed by atoms with van der Waals surface area (Å²) in [5.41, 5.74) is 0.412. The fourth-order valence-corrected chi connectivity index (χ4v) is 3.30. The highest BCUT2D eigenvalue weighted by atomic mass is 19.1. The molecular formula is C28H28F4O8. The van der Waals surface area contributed by atoms with Gasteiger partial charge in [0, 0.05) is 36.6 Å². The lowest BCUT2D eigenvalue weighted by molar-refractivity contribution is -0.141. The molecule has 2 aromatic rings. The topological polar surface area (TPSA) is 138 Å². The first-order chi connectivity index (χ1) is 18.8. The summed E-state index contributed by atoms with van der Waals surface area (Å²) in [4.78, 5) is 44.9. The van der Waals surface area contributed by atoms with E-state index in [-0.39, 0.29) is 44.3 Å². The van der Waals surface area contributed by atoms with E-state index in [2.05, 4.69) is 4.74 Å². The molecule has 8 nitrogen and oxygen atoms in total. The lowest BCUT2D eigenvalue weighted by Gasteiger charge is -2.06. The number of ether oxygens (including phenoxy) is 1. The Hall–Kier alpha value is -4.48. The maximum atomic E-state index is 13.0. The zero-order valence-corrected chi connectivity index (χ0v) is 21.7. The number of benzene rings is 2. The van der Waals surface area contributed by atoms with Crippen LogP contribution in [0.15, 0.2) is 59.6 Å². The van der Waals surface area contributed by atoms with Crippen molar-refractivity contribution in [3.63, 3.8) is 0 Å². The Morgan fingerprint density at radius 3 is 1.60 bits per heavy atom. The normalized spacial score (nSPS) is 11.6. The van der Waals surface area contributed by atoms with E-state index in [0.717, 1.165) is 42.5 Å². The molecule has 216 valence electrons. The summed E-state index contributed by atoms with van der Waals surface area (Å²) in [6.07, 6.45) is 0.738. The quantitative estimate of drug-likeness (QED) is 0.137. The van der Waals surface area contributed by atoms with Gasteiger partial charge < -0.3 is 20.1 Å².